The highest BCUT2D eigenvalue weighted by Gasteiger charge is 2.05. The first-order valence-electron chi connectivity index (χ1n) is 5.78. The molecule has 0 heterocycles. The number of hydrogen-bond acceptors (Lipinski definition) is 1. The van der Waals surface area contributed by atoms with Crippen molar-refractivity contribution in [3.05, 3.63) is 54.1 Å². The van der Waals surface area contributed by atoms with E-state index in [1.54, 1.807) is 12.1 Å². The van der Waals surface area contributed by atoms with E-state index in [0.717, 1.165) is 18.2 Å². The summed E-state index contributed by atoms with van der Waals surface area (Å²) in [6, 6.07) is 10.6. The summed E-state index contributed by atoms with van der Waals surface area (Å²) < 4.78 is 31.4. The van der Waals surface area contributed by atoms with Crippen LogP contribution in [0.1, 0.15) is 7.43 Å². The number of benzene rings is 2. The van der Waals surface area contributed by atoms with E-state index in [9.17, 15) is 8.78 Å². The molecule has 0 N–H and O–H groups in total. The fourth-order valence-corrected chi connectivity index (χ4v) is 1.64. The second kappa shape index (κ2) is 6.37. The molecule has 2 aromatic carbocycles. The zero-order chi connectivity index (χ0) is 13.1. The largest absolute Gasteiger partial charge is 0.457 e. The summed E-state index contributed by atoms with van der Waals surface area (Å²) in [5, 5.41) is 0. The van der Waals surface area contributed by atoms with E-state index in [2.05, 4.69) is 13.6 Å². The molecule has 0 radical (unpaired) electrons. The van der Waals surface area contributed by atoms with Crippen LogP contribution in [0.25, 0.3) is 0 Å². The van der Waals surface area contributed by atoms with Crippen molar-refractivity contribution in [2.45, 2.75) is 21.1 Å². The lowest BCUT2D eigenvalue weighted by atomic mass is 9.49. The third-order valence-electron chi connectivity index (χ3n) is 2.62. The summed E-state index contributed by atoms with van der Waals surface area (Å²) in [7, 11) is 0. The Morgan fingerprint density at radius 1 is 0.842 bits per heavy atom. The molecule has 0 saturated carbocycles. The van der Waals surface area contributed by atoms with E-state index in [1.165, 1.54) is 5.46 Å². The van der Waals surface area contributed by atoms with Gasteiger partial charge < -0.3 is 4.74 Å². The normalized spacial score (nSPS) is 9.68. The van der Waals surface area contributed by atoms with E-state index in [-0.39, 0.29) is 13.2 Å². The molecule has 4 heteroatoms. The third-order valence-corrected chi connectivity index (χ3v) is 2.62. The van der Waals surface area contributed by atoms with Crippen LogP contribution in [-0.4, -0.2) is 6.71 Å². The van der Waals surface area contributed by atoms with Crippen LogP contribution in [0.5, 0.6) is 11.5 Å². The quantitative estimate of drug-likeness (QED) is 0.747. The predicted octanol–water partition coefficient (Wildman–Crippen LogP) is 4.35. The highest BCUT2D eigenvalue weighted by Crippen LogP contribution is 2.22. The molecule has 0 atom stereocenters. The van der Waals surface area contributed by atoms with Crippen molar-refractivity contribution in [3.63, 3.8) is 0 Å². The third kappa shape index (κ3) is 4.09. The molecular formula is C15H17BF2O. The van der Waals surface area contributed by atoms with Gasteiger partial charge in [-0.05, 0) is 12.1 Å². The van der Waals surface area contributed by atoms with E-state index in [1.807, 2.05) is 12.1 Å². The van der Waals surface area contributed by atoms with Gasteiger partial charge in [-0.2, -0.15) is 0 Å². The Morgan fingerprint density at radius 3 is 1.84 bits per heavy atom. The summed E-state index contributed by atoms with van der Waals surface area (Å²) >= 11 is 0. The molecule has 0 aromatic heterocycles. The summed E-state index contributed by atoms with van der Waals surface area (Å²) in [6.07, 6.45) is 0. The maximum Gasteiger partial charge on any atom is 0.169 e. The van der Waals surface area contributed by atoms with Crippen molar-refractivity contribution >= 4 is 12.2 Å². The van der Waals surface area contributed by atoms with Gasteiger partial charge in [-0.25, -0.2) is 8.78 Å². The molecular weight excluding hydrogens is 245 g/mol. The Hall–Kier alpha value is -1.84. The minimum Gasteiger partial charge on any atom is -0.457 e. The highest BCUT2D eigenvalue weighted by molar-refractivity contribution is 6.70. The molecule has 0 aliphatic carbocycles. The van der Waals surface area contributed by atoms with Crippen molar-refractivity contribution < 1.29 is 13.5 Å². The minimum absolute atomic E-state index is 0. The van der Waals surface area contributed by atoms with Crippen LogP contribution in [0, 0.1) is 11.6 Å². The molecule has 100 valence electrons. The van der Waals surface area contributed by atoms with E-state index in [0.29, 0.717) is 12.5 Å². The molecule has 2 rings (SSSR count). The Balaban J connectivity index is 0.00000180. The monoisotopic (exact) mass is 262 g/mol. The Kier molecular flexibility index (Phi) is 5.10. The lowest BCUT2D eigenvalue weighted by Crippen LogP contribution is -2.21. The Bertz CT molecular complexity index is 518. The molecule has 2 aromatic rings. The maximum atomic E-state index is 13.0. The van der Waals surface area contributed by atoms with Crippen LogP contribution in [0.2, 0.25) is 13.6 Å². The summed E-state index contributed by atoms with van der Waals surface area (Å²) in [5.41, 5.74) is 1.19. The van der Waals surface area contributed by atoms with Crippen LogP contribution >= 0.6 is 0 Å². The zero-order valence-corrected chi connectivity index (χ0v) is 10.3. The number of ether oxygens (including phenoxy) is 1. The van der Waals surface area contributed by atoms with Gasteiger partial charge in [0.05, 0.1) is 0 Å². The van der Waals surface area contributed by atoms with Gasteiger partial charge in [-0.3, -0.25) is 0 Å². The van der Waals surface area contributed by atoms with Crippen LogP contribution in [0.15, 0.2) is 42.5 Å². The molecule has 0 amide bonds. The second-order valence-corrected chi connectivity index (χ2v) is 4.43. The lowest BCUT2D eigenvalue weighted by Gasteiger charge is -2.08. The van der Waals surface area contributed by atoms with E-state index in [4.69, 9.17) is 4.74 Å². The van der Waals surface area contributed by atoms with Crippen molar-refractivity contribution in [2.24, 2.45) is 0 Å². The molecule has 0 saturated heterocycles. The first-order chi connectivity index (χ1) is 8.54. The van der Waals surface area contributed by atoms with E-state index < -0.39 is 11.6 Å². The van der Waals surface area contributed by atoms with E-state index >= 15 is 0 Å². The SMILES string of the molecule is C.CB(C)c1ccc(Oc2cc(F)cc(F)c2)cc1. The topological polar surface area (TPSA) is 9.23 Å². The van der Waals surface area contributed by atoms with Crippen LogP contribution in [0.4, 0.5) is 8.78 Å². The molecule has 0 aliphatic rings. The van der Waals surface area contributed by atoms with Gasteiger partial charge in [-0.15, -0.1) is 0 Å². The number of hydrogen-bond donors (Lipinski definition) is 0. The van der Waals surface area contributed by atoms with Crippen LogP contribution in [0.3, 0.4) is 0 Å². The standard InChI is InChI=1S/C14H13BF2O.CH4/c1-15(2)10-3-5-13(6-4-10)18-14-8-11(16)7-12(17)9-14;/h3-9H,1-2H3;1H4. The fraction of sp³-hybridized carbons (Fsp3) is 0.200. The molecule has 0 unspecified atom stereocenters. The minimum atomic E-state index is -0.649. The summed E-state index contributed by atoms with van der Waals surface area (Å²) in [5.74, 6) is -0.582. The smallest absolute Gasteiger partial charge is 0.169 e. The molecule has 0 aliphatic heterocycles. The van der Waals surface area contributed by atoms with Gasteiger partial charge in [0.15, 0.2) is 6.71 Å². The van der Waals surface area contributed by atoms with Crippen LogP contribution in [-0.2, 0) is 0 Å². The van der Waals surface area contributed by atoms with Crippen molar-refractivity contribution in [2.75, 3.05) is 0 Å². The maximum absolute atomic E-state index is 13.0. The molecule has 0 bridgehead atoms. The molecule has 19 heavy (non-hydrogen) atoms. The fourth-order valence-electron chi connectivity index (χ4n) is 1.64. The Morgan fingerprint density at radius 2 is 1.37 bits per heavy atom. The average molecular weight is 262 g/mol. The first kappa shape index (κ1) is 15.2. The van der Waals surface area contributed by atoms with Crippen LogP contribution < -0.4 is 10.2 Å². The zero-order valence-electron chi connectivity index (χ0n) is 10.3. The molecule has 0 fully saturated rings. The van der Waals surface area contributed by atoms with Gasteiger partial charge in [0.1, 0.15) is 23.1 Å². The predicted molar refractivity (Wildman–Crippen MR) is 76.7 cm³/mol. The van der Waals surface area contributed by atoms with Crippen molar-refractivity contribution in [1.82, 2.24) is 0 Å². The number of rotatable bonds is 3. The summed E-state index contributed by atoms with van der Waals surface area (Å²) in [6.45, 7) is 4.63. The second-order valence-electron chi connectivity index (χ2n) is 4.43. The Labute approximate surface area is 113 Å². The van der Waals surface area contributed by atoms with Gasteiger partial charge in [0.2, 0.25) is 0 Å². The highest BCUT2D eigenvalue weighted by atomic mass is 19.1. The van der Waals surface area contributed by atoms with Gasteiger partial charge in [0.25, 0.3) is 0 Å². The van der Waals surface area contributed by atoms with Crippen molar-refractivity contribution in [1.29, 1.82) is 0 Å². The average Bonchev–Trinajstić information content (AvgIpc) is 2.28. The molecule has 0 spiro atoms. The first-order valence-corrected chi connectivity index (χ1v) is 5.78. The van der Waals surface area contributed by atoms with Crippen molar-refractivity contribution in [3.8, 4) is 11.5 Å². The molecule has 1 nitrogen and oxygen atoms in total. The van der Waals surface area contributed by atoms with Gasteiger partial charge >= 0.3 is 0 Å². The van der Waals surface area contributed by atoms with Gasteiger partial charge in [-0.1, -0.05) is 38.7 Å². The summed E-state index contributed by atoms with van der Waals surface area (Å²) in [4.78, 5) is 0. The number of halogens is 2. The van der Waals surface area contributed by atoms with Gasteiger partial charge in [0, 0.05) is 18.2 Å². The lowest BCUT2D eigenvalue weighted by molar-refractivity contribution is 0.468.